The molecule has 2 rings (SSSR count). The Hall–Kier alpha value is -1.55. The molecule has 0 aromatic heterocycles. The molecule has 4 nitrogen and oxygen atoms in total. The van der Waals surface area contributed by atoms with Gasteiger partial charge in [-0.25, -0.2) is 0 Å². The molecule has 0 radical (unpaired) electrons. The molecule has 1 aromatic rings. The van der Waals surface area contributed by atoms with Crippen molar-refractivity contribution in [3.05, 3.63) is 29.3 Å². The molecule has 1 heterocycles. The summed E-state index contributed by atoms with van der Waals surface area (Å²) in [6, 6.07) is 6.06. The summed E-state index contributed by atoms with van der Waals surface area (Å²) in [4.78, 5) is 14.5. The van der Waals surface area contributed by atoms with Gasteiger partial charge in [-0.1, -0.05) is 12.1 Å². The number of hydrogen-bond acceptors (Lipinski definition) is 3. The number of carbonyl (C=O) groups is 1. The first-order valence-electron chi connectivity index (χ1n) is 7.16. The Labute approximate surface area is 121 Å². The van der Waals surface area contributed by atoms with Crippen molar-refractivity contribution in [1.82, 2.24) is 10.2 Å². The van der Waals surface area contributed by atoms with E-state index in [4.69, 9.17) is 4.74 Å². The van der Waals surface area contributed by atoms with Crippen molar-refractivity contribution in [2.24, 2.45) is 0 Å². The molecule has 0 atom stereocenters. The molecule has 4 heteroatoms. The fraction of sp³-hybridized carbons (Fsp3) is 0.562. The average molecular weight is 276 g/mol. The molecular weight excluding hydrogens is 252 g/mol. The first kappa shape index (κ1) is 14.9. The molecule has 1 N–H and O–H groups in total. The Morgan fingerprint density at radius 2 is 1.90 bits per heavy atom. The summed E-state index contributed by atoms with van der Waals surface area (Å²) >= 11 is 0. The summed E-state index contributed by atoms with van der Waals surface area (Å²) in [5, 5.41) is 3.25. The Morgan fingerprint density at radius 1 is 1.25 bits per heavy atom. The Balaban J connectivity index is 2.13. The maximum atomic E-state index is 12.6. The highest BCUT2D eigenvalue weighted by molar-refractivity contribution is 5.85. The van der Waals surface area contributed by atoms with Crippen LogP contribution < -0.4 is 10.1 Å². The van der Waals surface area contributed by atoms with E-state index in [-0.39, 0.29) is 5.91 Å². The second-order valence-electron chi connectivity index (χ2n) is 5.92. The minimum Gasteiger partial charge on any atom is -0.478 e. The van der Waals surface area contributed by atoms with Crippen molar-refractivity contribution in [3.63, 3.8) is 0 Å². The van der Waals surface area contributed by atoms with Crippen LogP contribution in [-0.2, 0) is 4.79 Å². The molecule has 0 unspecified atom stereocenters. The van der Waals surface area contributed by atoms with E-state index < -0.39 is 5.60 Å². The van der Waals surface area contributed by atoms with Crippen molar-refractivity contribution < 1.29 is 9.53 Å². The molecule has 1 aliphatic rings. The van der Waals surface area contributed by atoms with E-state index in [1.54, 1.807) is 0 Å². The molecule has 1 aliphatic heterocycles. The normalized spacial score (nSPS) is 16.1. The highest BCUT2D eigenvalue weighted by Gasteiger charge is 2.35. The van der Waals surface area contributed by atoms with E-state index in [1.807, 2.05) is 50.8 Å². The minimum atomic E-state index is -0.837. The molecule has 110 valence electrons. The highest BCUT2D eigenvalue weighted by Crippen LogP contribution is 2.25. The molecule has 1 amide bonds. The maximum Gasteiger partial charge on any atom is 0.266 e. The molecule has 1 saturated heterocycles. The predicted molar refractivity (Wildman–Crippen MR) is 80.1 cm³/mol. The number of aryl methyl sites for hydroxylation is 2. The van der Waals surface area contributed by atoms with E-state index in [9.17, 15) is 4.79 Å². The SMILES string of the molecule is Cc1ccc(C)c(OC(C)(C)C(=O)N2CCNCC2)c1. The largest absolute Gasteiger partial charge is 0.478 e. The lowest BCUT2D eigenvalue weighted by Gasteiger charge is -2.35. The molecule has 0 spiro atoms. The maximum absolute atomic E-state index is 12.6. The van der Waals surface area contributed by atoms with Crippen LogP contribution in [0.2, 0.25) is 0 Å². The van der Waals surface area contributed by atoms with Crippen molar-refractivity contribution in [1.29, 1.82) is 0 Å². The first-order chi connectivity index (χ1) is 9.40. The number of piperazine rings is 1. The van der Waals surface area contributed by atoms with Crippen LogP contribution in [0.5, 0.6) is 5.75 Å². The van der Waals surface area contributed by atoms with E-state index in [1.165, 1.54) is 0 Å². The Kier molecular flexibility index (Phi) is 4.33. The zero-order chi connectivity index (χ0) is 14.8. The lowest BCUT2D eigenvalue weighted by Crippen LogP contribution is -2.54. The number of nitrogens with zero attached hydrogens (tertiary/aromatic N) is 1. The third-order valence-corrected chi connectivity index (χ3v) is 3.63. The topological polar surface area (TPSA) is 41.6 Å². The average Bonchev–Trinajstić information content (AvgIpc) is 2.43. The number of rotatable bonds is 3. The molecule has 20 heavy (non-hydrogen) atoms. The summed E-state index contributed by atoms with van der Waals surface area (Å²) in [5.41, 5.74) is 1.35. The van der Waals surface area contributed by atoms with Gasteiger partial charge in [0.15, 0.2) is 5.60 Å². The van der Waals surface area contributed by atoms with Crippen molar-refractivity contribution in [3.8, 4) is 5.75 Å². The highest BCUT2D eigenvalue weighted by atomic mass is 16.5. The van der Waals surface area contributed by atoms with Crippen LogP contribution in [-0.4, -0.2) is 42.6 Å². The number of ether oxygens (including phenoxy) is 1. The van der Waals surface area contributed by atoms with Gasteiger partial charge in [-0.15, -0.1) is 0 Å². The summed E-state index contributed by atoms with van der Waals surface area (Å²) in [5.74, 6) is 0.846. The summed E-state index contributed by atoms with van der Waals surface area (Å²) in [6.45, 7) is 10.9. The van der Waals surface area contributed by atoms with Gasteiger partial charge in [0.05, 0.1) is 0 Å². The predicted octanol–water partition coefficient (Wildman–Crippen LogP) is 1.89. The quantitative estimate of drug-likeness (QED) is 0.916. The van der Waals surface area contributed by atoms with Gasteiger partial charge in [-0.3, -0.25) is 4.79 Å². The monoisotopic (exact) mass is 276 g/mol. The van der Waals surface area contributed by atoms with E-state index >= 15 is 0 Å². The third-order valence-electron chi connectivity index (χ3n) is 3.63. The number of benzene rings is 1. The first-order valence-corrected chi connectivity index (χ1v) is 7.16. The molecular formula is C16H24N2O2. The van der Waals surface area contributed by atoms with E-state index in [0.29, 0.717) is 0 Å². The summed E-state index contributed by atoms with van der Waals surface area (Å²) in [7, 11) is 0. The van der Waals surface area contributed by atoms with Crippen molar-refractivity contribution in [2.45, 2.75) is 33.3 Å². The van der Waals surface area contributed by atoms with Gasteiger partial charge in [0.1, 0.15) is 5.75 Å². The van der Waals surface area contributed by atoms with E-state index in [2.05, 4.69) is 5.32 Å². The number of amides is 1. The van der Waals surface area contributed by atoms with Crippen LogP contribution in [0.3, 0.4) is 0 Å². The van der Waals surface area contributed by atoms with E-state index in [0.717, 1.165) is 43.1 Å². The number of carbonyl (C=O) groups excluding carboxylic acids is 1. The van der Waals surface area contributed by atoms with Gasteiger partial charge < -0.3 is 15.0 Å². The van der Waals surface area contributed by atoms with Crippen LogP contribution >= 0.6 is 0 Å². The van der Waals surface area contributed by atoms with Gasteiger partial charge in [-0.05, 0) is 44.9 Å². The van der Waals surface area contributed by atoms with Gasteiger partial charge in [0.25, 0.3) is 5.91 Å². The van der Waals surface area contributed by atoms with Crippen molar-refractivity contribution in [2.75, 3.05) is 26.2 Å². The lowest BCUT2D eigenvalue weighted by molar-refractivity contribution is -0.146. The second kappa shape index (κ2) is 5.83. The van der Waals surface area contributed by atoms with Gasteiger partial charge in [0.2, 0.25) is 0 Å². The molecule has 1 aromatic carbocycles. The van der Waals surface area contributed by atoms with Crippen LogP contribution in [0.4, 0.5) is 0 Å². The number of nitrogens with one attached hydrogen (secondary N) is 1. The lowest BCUT2D eigenvalue weighted by atomic mass is 10.1. The fourth-order valence-corrected chi connectivity index (χ4v) is 2.38. The molecule has 0 bridgehead atoms. The van der Waals surface area contributed by atoms with Gasteiger partial charge >= 0.3 is 0 Å². The minimum absolute atomic E-state index is 0.0555. The Bertz CT molecular complexity index is 491. The third kappa shape index (κ3) is 3.31. The standard InChI is InChI=1S/C16H24N2O2/c1-12-5-6-13(2)14(11-12)20-16(3,4)15(19)18-9-7-17-8-10-18/h5-6,11,17H,7-10H2,1-4H3. The van der Waals surface area contributed by atoms with Crippen LogP contribution in [0.25, 0.3) is 0 Å². The summed E-state index contributed by atoms with van der Waals surface area (Å²) < 4.78 is 6.02. The zero-order valence-electron chi connectivity index (χ0n) is 12.8. The molecule has 1 fully saturated rings. The smallest absolute Gasteiger partial charge is 0.266 e. The van der Waals surface area contributed by atoms with Gasteiger partial charge in [0, 0.05) is 26.2 Å². The number of hydrogen-bond donors (Lipinski definition) is 1. The van der Waals surface area contributed by atoms with Crippen molar-refractivity contribution >= 4 is 5.91 Å². The fourth-order valence-electron chi connectivity index (χ4n) is 2.38. The zero-order valence-corrected chi connectivity index (χ0v) is 12.8. The second-order valence-corrected chi connectivity index (χ2v) is 5.92. The Morgan fingerprint density at radius 3 is 2.55 bits per heavy atom. The van der Waals surface area contributed by atoms with Crippen LogP contribution in [0.1, 0.15) is 25.0 Å². The molecule has 0 saturated carbocycles. The summed E-state index contributed by atoms with van der Waals surface area (Å²) in [6.07, 6.45) is 0. The van der Waals surface area contributed by atoms with Crippen LogP contribution in [0, 0.1) is 13.8 Å². The van der Waals surface area contributed by atoms with Crippen LogP contribution in [0.15, 0.2) is 18.2 Å². The van der Waals surface area contributed by atoms with Gasteiger partial charge in [-0.2, -0.15) is 0 Å². The molecule has 0 aliphatic carbocycles.